The Morgan fingerprint density at radius 3 is 2.83 bits per heavy atom. The van der Waals surface area contributed by atoms with E-state index < -0.39 is 24.9 Å². The van der Waals surface area contributed by atoms with Gasteiger partial charge in [0, 0.05) is 25.4 Å². The third-order valence-corrected chi connectivity index (χ3v) is 3.79. The molecule has 2 aromatic rings. The summed E-state index contributed by atoms with van der Waals surface area (Å²) in [5, 5.41) is 9.41. The number of nitrogens with zero attached hydrogens (tertiary/aromatic N) is 2. The molecule has 1 fully saturated rings. The smallest absolute Gasteiger partial charge is 0.262 e. The SMILES string of the molecule is Cl.O=C(NCc1cccc(Cn2cccn2)c1)C1CC(F)(F)CN1. The summed E-state index contributed by atoms with van der Waals surface area (Å²) in [5.41, 5.74) is 1.98. The van der Waals surface area contributed by atoms with Gasteiger partial charge in [-0.15, -0.1) is 12.4 Å². The summed E-state index contributed by atoms with van der Waals surface area (Å²) in [4.78, 5) is 11.9. The number of nitrogens with one attached hydrogen (secondary N) is 2. The predicted octanol–water partition coefficient (Wildman–Crippen LogP) is 1.97. The Labute approximate surface area is 144 Å². The van der Waals surface area contributed by atoms with Crippen LogP contribution in [0, 0.1) is 0 Å². The third-order valence-electron chi connectivity index (χ3n) is 3.79. The number of carbonyl (C=O) groups is 1. The number of hydrogen-bond acceptors (Lipinski definition) is 3. The molecule has 1 aromatic carbocycles. The van der Waals surface area contributed by atoms with Crippen molar-refractivity contribution in [2.45, 2.75) is 31.5 Å². The van der Waals surface area contributed by atoms with E-state index in [2.05, 4.69) is 15.7 Å². The standard InChI is InChI=1S/C16H18F2N4O.ClH/c17-16(18)8-14(20-11-16)15(23)19-9-12-3-1-4-13(7-12)10-22-6-2-5-21-22;/h1-7,14,20H,8-11H2,(H,19,23);1H. The van der Waals surface area contributed by atoms with E-state index in [9.17, 15) is 13.6 Å². The molecule has 0 aliphatic carbocycles. The first-order valence-electron chi connectivity index (χ1n) is 7.46. The van der Waals surface area contributed by atoms with Gasteiger partial charge in [0.25, 0.3) is 5.92 Å². The summed E-state index contributed by atoms with van der Waals surface area (Å²) in [6.07, 6.45) is 3.15. The van der Waals surface area contributed by atoms with Crippen LogP contribution in [0.4, 0.5) is 8.78 Å². The molecule has 0 saturated carbocycles. The van der Waals surface area contributed by atoms with E-state index in [1.807, 2.05) is 41.2 Å². The quantitative estimate of drug-likeness (QED) is 0.861. The van der Waals surface area contributed by atoms with Crippen molar-refractivity contribution in [1.29, 1.82) is 0 Å². The minimum atomic E-state index is -2.80. The van der Waals surface area contributed by atoms with E-state index in [4.69, 9.17) is 0 Å². The van der Waals surface area contributed by atoms with Gasteiger partial charge >= 0.3 is 0 Å². The second-order valence-corrected chi connectivity index (χ2v) is 5.73. The van der Waals surface area contributed by atoms with Gasteiger partial charge in [-0.25, -0.2) is 8.78 Å². The Bertz CT molecular complexity index is 678. The van der Waals surface area contributed by atoms with Crippen molar-refractivity contribution in [3.8, 4) is 0 Å². The molecule has 5 nitrogen and oxygen atoms in total. The van der Waals surface area contributed by atoms with Crippen LogP contribution in [0.2, 0.25) is 0 Å². The lowest BCUT2D eigenvalue weighted by atomic mass is 10.1. The van der Waals surface area contributed by atoms with E-state index in [1.54, 1.807) is 6.20 Å². The Kier molecular flexibility index (Phi) is 5.90. The fourth-order valence-electron chi connectivity index (χ4n) is 2.63. The average Bonchev–Trinajstić information content (AvgIpc) is 3.14. The van der Waals surface area contributed by atoms with Gasteiger partial charge in [0.05, 0.1) is 19.1 Å². The maximum absolute atomic E-state index is 13.1. The molecule has 1 aliphatic rings. The highest BCUT2D eigenvalue weighted by atomic mass is 35.5. The molecule has 8 heteroatoms. The summed E-state index contributed by atoms with van der Waals surface area (Å²) in [6.45, 7) is 0.519. The number of rotatable bonds is 5. The summed E-state index contributed by atoms with van der Waals surface area (Å²) >= 11 is 0. The second-order valence-electron chi connectivity index (χ2n) is 5.73. The van der Waals surface area contributed by atoms with Gasteiger partial charge in [0.15, 0.2) is 0 Å². The lowest BCUT2D eigenvalue weighted by molar-refractivity contribution is -0.123. The number of aromatic nitrogens is 2. The van der Waals surface area contributed by atoms with Crippen LogP contribution in [0.25, 0.3) is 0 Å². The zero-order chi connectivity index (χ0) is 16.3. The van der Waals surface area contributed by atoms with Gasteiger partial charge in [-0.1, -0.05) is 24.3 Å². The van der Waals surface area contributed by atoms with Crippen LogP contribution in [0.3, 0.4) is 0 Å². The molecular formula is C16H19ClF2N4O. The molecule has 1 amide bonds. The molecule has 0 bridgehead atoms. The maximum Gasteiger partial charge on any atom is 0.262 e. The minimum absolute atomic E-state index is 0. The molecule has 0 radical (unpaired) electrons. The second kappa shape index (κ2) is 7.72. The Balaban J connectivity index is 0.00000208. The summed E-state index contributed by atoms with van der Waals surface area (Å²) in [5.74, 6) is -3.19. The lowest BCUT2D eigenvalue weighted by Crippen LogP contribution is -2.40. The highest BCUT2D eigenvalue weighted by molar-refractivity contribution is 5.85. The Morgan fingerprint density at radius 2 is 2.17 bits per heavy atom. The molecule has 24 heavy (non-hydrogen) atoms. The van der Waals surface area contributed by atoms with Crippen LogP contribution in [-0.4, -0.2) is 34.2 Å². The van der Waals surface area contributed by atoms with Crippen molar-refractivity contribution in [2.24, 2.45) is 0 Å². The number of halogens is 3. The van der Waals surface area contributed by atoms with E-state index in [-0.39, 0.29) is 18.3 Å². The summed E-state index contributed by atoms with van der Waals surface area (Å²) in [6, 6.07) is 8.78. The van der Waals surface area contributed by atoms with Crippen LogP contribution < -0.4 is 10.6 Å². The van der Waals surface area contributed by atoms with E-state index in [0.717, 1.165) is 11.1 Å². The fraction of sp³-hybridized carbons (Fsp3) is 0.375. The monoisotopic (exact) mass is 356 g/mol. The van der Waals surface area contributed by atoms with Gasteiger partial charge in [0.2, 0.25) is 5.91 Å². The van der Waals surface area contributed by atoms with Crippen molar-refractivity contribution in [3.05, 3.63) is 53.9 Å². The van der Waals surface area contributed by atoms with Crippen molar-refractivity contribution in [2.75, 3.05) is 6.54 Å². The highest BCUT2D eigenvalue weighted by Crippen LogP contribution is 2.25. The van der Waals surface area contributed by atoms with E-state index in [0.29, 0.717) is 13.1 Å². The van der Waals surface area contributed by atoms with Crippen LogP contribution in [0.15, 0.2) is 42.7 Å². The number of alkyl halides is 2. The van der Waals surface area contributed by atoms with Gasteiger partial charge < -0.3 is 5.32 Å². The Morgan fingerprint density at radius 1 is 1.38 bits per heavy atom. The molecule has 1 unspecified atom stereocenters. The number of carbonyl (C=O) groups excluding carboxylic acids is 1. The van der Waals surface area contributed by atoms with Crippen LogP contribution >= 0.6 is 12.4 Å². The molecule has 1 saturated heterocycles. The summed E-state index contributed by atoms with van der Waals surface area (Å²) in [7, 11) is 0. The zero-order valence-corrected chi connectivity index (χ0v) is 13.7. The minimum Gasteiger partial charge on any atom is -0.351 e. The first kappa shape index (κ1) is 18.4. The summed E-state index contributed by atoms with van der Waals surface area (Å²) < 4.78 is 28.0. The molecule has 1 atom stereocenters. The molecule has 0 spiro atoms. The third kappa shape index (κ3) is 4.75. The molecule has 1 aromatic heterocycles. The first-order chi connectivity index (χ1) is 11.0. The number of hydrogen-bond donors (Lipinski definition) is 2. The van der Waals surface area contributed by atoms with E-state index >= 15 is 0 Å². The molecule has 1 aliphatic heterocycles. The molecular weight excluding hydrogens is 338 g/mol. The van der Waals surface area contributed by atoms with Gasteiger partial charge in [-0.3, -0.25) is 14.8 Å². The average molecular weight is 357 g/mol. The normalized spacial score (nSPS) is 18.8. The lowest BCUT2D eigenvalue weighted by Gasteiger charge is -2.12. The number of benzene rings is 1. The van der Waals surface area contributed by atoms with Crippen molar-refractivity contribution < 1.29 is 13.6 Å². The topological polar surface area (TPSA) is 59.0 Å². The Hall–Kier alpha value is -1.99. The molecule has 2 N–H and O–H groups in total. The van der Waals surface area contributed by atoms with Gasteiger partial charge in [-0.05, 0) is 17.2 Å². The zero-order valence-electron chi connectivity index (χ0n) is 12.9. The largest absolute Gasteiger partial charge is 0.351 e. The first-order valence-corrected chi connectivity index (χ1v) is 7.46. The van der Waals surface area contributed by atoms with Crippen LogP contribution in [0.5, 0.6) is 0 Å². The van der Waals surface area contributed by atoms with Crippen molar-refractivity contribution in [1.82, 2.24) is 20.4 Å². The van der Waals surface area contributed by atoms with Crippen molar-refractivity contribution >= 4 is 18.3 Å². The van der Waals surface area contributed by atoms with Crippen LogP contribution in [-0.2, 0) is 17.9 Å². The molecule has 3 rings (SSSR count). The molecule has 130 valence electrons. The molecule has 2 heterocycles. The van der Waals surface area contributed by atoms with E-state index in [1.165, 1.54) is 0 Å². The van der Waals surface area contributed by atoms with Gasteiger partial charge in [-0.2, -0.15) is 5.10 Å². The van der Waals surface area contributed by atoms with Gasteiger partial charge in [0.1, 0.15) is 0 Å². The predicted molar refractivity (Wildman–Crippen MR) is 88.2 cm³/mol. The van der Waals surface area contributed by atoms with Crippen LogP contribution in [0.1, 0.15) is 17.5 Å². The fourth-order valence-corrected chi connectivity index (χ4v) is 2.63. The van der Waals surface area contributed by atoms with Crippen molar-refractivity contribution in [3.63, 3.8) is 0 Å². The number of amides is 1. The maximum atomic E-state index is 13.1. The highest BCUT2D eigenvalue weighted by Gasteiger charge is 2.42.